The summed E-state index contributed by atoms with van der Waals surface area (Å²) < 4.78 is 12.7. The van der Waals surface area contributed by atoms with Crippen LogP contribution in [-0.4, -0.2) is 54.7 Å². The van der Waals surface area contributed by atoms with Crippen LogP contribution in [0.1, 0.15) is 11.8 Å². The summed E-state index contributed by atoms with van der Waals surface area (Å²) in [6.45, 7) is 0.446. The number of rotatable bonds is 5. The number of H-pyrrole nitrogens is 1. The van der Waals surface area contributed by atoms with Crippen LogP contribution in [0, 0.1) is 0 Å². The van der Waals surface area contributed by atoms with Gasteiger partial charge in [0.1, 0.15) is 18.3 Å². The standard InChI is InChI=1S/C17H19N5O5/c18-17-20-14-11(15(25)21-17)19-8-22(14)16-13(24)12(23)10(27-16)7-26-6-9-4-2-1-3-5-9/h1-5,8,10,12-13,16,23-24H,6-7H2,(H3,18,20,21,25)/t10-,12-,13-,16-/m1/s1. The zero-order valence-electron chi connectivity index (χ0n) is 14.2. The fourth-order valence-corrected chi connectivity index (χ4v) is 3.09. The molecule has 1 aliphatic rings. The predicted molar refractivity (Wildman–Crippen MR) is 94.6 cm³/mol. The maximum atomic E-state index is 11.9. The number of nitrogens with two attached hydrogens (primary N) is 1. The quantitative estimate of drug-likeness (QED) is 0.469. The topological polar surface area (TPSA) is 149 Å². The lowest BCUT2D eigenvalue weighted by Gasteiger charge is -2.16. The lowest BCUT2D eigenvalue weighted by Crippen LogP contribution is -2.33. The smallest absolute Gasteiger partial charge is 0.280 e. The average molecular weight is 373 g/mol. The van der Waals surface area contributed by atoms with Gasteiger partial charge in [0.2, 0.25) is 5.95 Å². The van der Waals surface area contributed by atoms with E-state index in [0.29, 0.717) is 6.61 Å². The van der Waals surface area contributed by atoms with Crippen molar-refractivity contribution >= 4 is 17.1 Å². The SMILES string of the molecule is Nc1nc2c(ncn2[C@@H]2O[C@H](COCc3ccccc3)[C@@H](O)[C@H]2O)c(=O)[nH]1. The van der Waals surface area contributed by atoms with Gasteiger partial charge < -0.3 is 25.4 Å². The summed E-state index contributed by atoms with van der Waals surface area (Å²) in [6.07, 6.45) is -2.80. The van der Waals surface area contributed by atoms with Gasteiger partial charge in [0.05, 0.1) is 19.5 Å². The molecular formula is C17H19N5O5. The summed E-state index contributed by atoms with van der Waals surface area (Å²) in [5.41, 5.74) is 6.31. The number of benzene rings is 1. The Balaban J connectivity index is 1.49. The van der Waals surface area contributed by atoms with E-state index >= 15 is 0 Å². The lowest BCUT2D eigenvalue weighted by atomic mass is 10.1. The zero-order valence-corrected chi connectivity index (χ0v) is 14.2. The van der Waals surface area contributed by atoms with E-state index in [1.54, 1.807) is 0 Å². The second-order valence-corrected chi connectivity index (χ2v) is 6.32. The molecule has 3 aromatic rings. The number of ether oxygens (including phenoxy) is 2. The minimum atomic E-state index is -1.24. The van der Waals surface area contributed by atoms with Gasteiger partial charge in [0.25, 0.3) is 5.56 Å². The Morgan fingerprint density at radius 2 is 2.04 bits per heavy atom. The number of aromatic amines is 1. The van der Waals surface area contributed by atoms with Gasteiger partial charge in [-0.15, -0.1) is 0 Å². The van der Waals surface area contributed by atoms with Crippen molar-refractivity contribution in [3.8, 4) is 0 Å². The molecule has 0 unspecified atom stereocenters. The first-order valence-electron chi connectivity index (χ1n) is 8.40. The van der Waals surface area contributed by atoms with Crippen molar-refractivity contribution in [2.24, 2.45) is 0 Å². The Hall–Kier alpha value is -2.79. The summed E-state index contributed by atoms with van der Waals surface area (Å²) in [4.78, 5) is 22.3. The summed E-state index contributed by atoms with van der Waals surface area (Å²) in [5.74, 6) is -0.0787. The molecule has 0 amide bonds. The summed E-state index contributed by atoms with van der Waals surface area (Å²) in [7, 11) is 0. The van der Waals surface area contributed by atoms with Gasteiger partial charge in [-0.1, -0.05) is 30.3 Å². The first-order valence-corrected chi connectivity index (χ1v) is 8.40. The number of hydrogen-bond acceptors (Lipinski definition) is 8. The number of aromatic nitrogens is 4. The average Bonchev–Trinajstić information content (AvgIpc) is 3.19. The van der Waals surface area contributed by atoms with E-state index in [-0.39, 0.29) is 23.7 Å². The van der Waals surface area contributed by atoms with Crippen molar-refractivity contribution < 1.29 is 19.7 Å². The predicted octanol–water partition coefficient (Wildman–Crippen LogP) is -0.462. The fraction of sp³-hybridized carbons (Fsp3) is 0.353. The summed E-state index contributed by atoms with van der Waals surface area (Å²) >= 11 is 0. The van der Waals surface area contributed by atoms with Crippen molar-refractivity contribution in [2.45, 2.75) is 31.1 Å². The van der Waals surface area contributed by atoms with Crippen LogP contribution in [0.5, 0.6) is 0 Å². The number of nitrogens with one attached hydrogen (secondary N) is 1. The summed E-state index contributed by atoms with van der Waals surface area (Å²) in [6, 6.07) is 9.58. The second kappa shape index (κ2) is 7.08. The number of anilines is 1. The van der Waals surface area contributed by atoms with Crippen molar-refractivity contribution in [2.75, 3.05) is 12.3 Å². The van der Waals surface area contributed by atoms with Crippen LogP contribution in [-0.2, 0) is 16.1 Å². The molecule has 0 spiro atoms. The van der Waals surface area contributed by atoms with Crippen LogP contribution in [0.2, 0.25) is 0 Å². The van der Waals surface area contributed by atoms with Gasteiger partial charge >= 0.3 is 0 Å². The van der Waals surface area contributed by atoms with Gasteiger partial charge in [0, 0.05) is 0 Å². The number of aliphatic hydroxyl groups excluding tert-OH is 2. The second-order valence-electron chi connectivity index (χ2n) is 6.32. The number of hydrogen-bond donors (Lipinski definition) is 4. The van der Waals surface area contributed by atoms with E-state index in [1.807, 2.05) is 30.3 Å². The molecule has 4 atom stereocenters. The molecule has 142 valence electrons. The van der Waals surface area contributed by atoms with Crippen molar-refractivity contribution in [3.63, 3.8) is 0 Å². The summed E-state index contributed by atoms with van der Waals surface area (Å²) in [5, 5.41) is 20.7. The number of fused-ring (bicyclic) bond motifs is 1. The fourth-order valence-electron chi connectivity index (χ4n) is 3.09. The van der Waals surface area contributed by atoms with Gasteiger partial charge in [-0.25, -0.2) is 4.98 Å². The van der Waals surface area contributed by atoms with Gasteiger partial charge in [-0.05, 0) is 5.56 Å². The van der Waals surface area contributed by atoms with Crippen LogP contribution in [0.4, 0.5) is 5.95 Å². The molecule has 0 radical (unpaired) electrons. The van der Waals surface area contributed by atoms with Crippen LogP contribution >= 0.6 is 0 Å². The van der Waals surface area contributed by atoms with Crippen molar-refractivity contribution in [1.29, 1.82) is 0 Å². The van der Waals surface area contributed by atoms with Crippen molar-refractivity contribution in [3.05, 3.63) is 52.6 Å². The minimum absolute atomic E-state index is 0.0678. The molecule has 1 aromatic carbocycles. The van der Waals surface area contributed by atoms with E-state index in [0.717, 1.165) is 5.56 Å². The van der Waals surface area contributed by atoms with E-state index in [9.17, 15) is 15.0 Å². The highest BCUT2D eigenvalue weighted by molar-refractivity contribution is 5.70. The molecule has 10 heteroatoms. The molecular weight excluding hydrogens is 354 g/mol. The maximum Gasteiger partial charge on any atom is 0.280 e. The van der Waals surface area contributed by atoms with Crippen LogP contribution in [0.15, 0.2) is 41.5 Å². The molecule has 1 fully saturated rings. The molecule has 0 bridgehead atoms. The molecule has 3 heterocycles. The molecule has 5 N–H and O–H groups in total. The highest BCUT2D eigenvalue weighted by Crippen LogP contribution is 2.31. The minimum Gasteiger partial charge on any atom is -0.387 e. The highest BCUT2D eigenvalue weighted by Gasteiger charge is 2.44. The van der Waals surface area contributed by atoms with Gasteiger partial charge in [0.15, 0.2) is 17.4 Å². The van der Waals surface area contributed by atoms with Gasteiger partial charge in [-0.2, -0.15) is 4.98 Å². The third-order valence-electron chi connectivity index (χ3n) is 4.46. The molecule has 1 aliphatic heterocycles. The Morgan fingerprint density at radius 3 is 2.81 bits per heavy atom. The number of nitrogen functional groups attached to an aromatic ring is 1. The van der Waals surface area contributed by atoms with Gasteiger partial charge in [-0.3, -0.25) is 14.3 Å². The van der Waals surface area contributed by atoms with E-state index in [4.69, 9.17) is 15.2 Å². The molecule has 1 saturated heterocycles. The molecule has 0 aliphatic carbocycles. The maximum absolute atomic E-state index is 11.9. The van der Waals surface area contributed by atoms with E-state index in [1.165, 1.54) is 10.9 Å². The van der Waals surface area contributed by atoms with Crippen LogP contribution < -0.4 is 11.3 Å². The first kappa shape index (κ1) is 17.6. The van der Waals surface area contributed by atoms with Crippen LogP contribution in [0.3, 0.4) is 0 Å². The third kappa shape index (κ3) is 3.30. The Bertz CT molecular complexity index is 988. The van der Waals surface area contributed by atoms with E-state index < -0.39 is 30.1 Å². The number of aliphatic hydroxyl groups is 2. The Labute approximate surface area is 153 Å². The van der Waals surface area contributed by atoms with Crippen molar-refractivity contribution in [1.82, 2.24) is 19.5 Å². The zero-order chi connectivity index (χ0) is 19.0. The monoisotopic (exact) mass is 373 g/mol. The highest BCUT2D eigenvalue weighted by atomic mass is 16.6. The Kier molecular flexibility index (Phi) is 4.62. The molecule has 27 heavy (non-hydrogen) atoms. The molecule has 10 nitrogen and oxygen atoms in total. The molecule has 4 rings (SSSR count). The first-order chi connectivity index (χ1) is 13.0. The normalized spacial score (nSPS) is 25.3. The number of nitrogens with zero attached hydrogens (tertiary/aromatic N) is 3. The largest absolute Gasteiger partial charge is 0.387 e. The molecule has 0 saturated carbocycles. The number of imidazole rings is 1. The molecule has 2 aromatic heterocycles. The lowest BCUT2D eigenvalue weighted by molar-refractivity contribution is -0.0682. The van der Waals surface area contributed by atoms with Crippen LogP contribution in [0.25, 0.3) is 11.2 Å². The van der Waals surface area contributed by atoms with E-state index in [2.05, 4.69) is 15.0 Å². The Morgan fingerprint density at radius 1 is 1.26 bits per heavy atom. The third-order valence-corrected chi connectivity index (χ3v) is 4.46.